The highest BCUT2D eigenvalue weighted by molar-refractivity contribution is 5.93. The summed E-state index contributed by atoms with van der Waals surface area (Å²) < 4.78 is 5.46. The summed E-state index contributed by atoms with van der Waals surface area (Å²) in [6, 6.07) is 0.238. The molecule has 2 atom stereocenters. The minimum atomic E-state index is -0.453. The van der Waals surface area contributed by atoms with Gasteiger partial charge in [-0.3, -0.25) is 4.79 Å². The van der Waals surface area contributed by atoms with Crippen LogP contribution < -0.4 is 11.1 Å². The third kappa shape index (κ3) is 3.74. The predicted molar refractivity (Wildman–Crippen MR) is 83.6 cm³/mol. The van der Waals surface area contributed by atoms with Crippen LogP contribution in [0.4, 0.5) is 5.95 Å². The molecule has 1 aliphatic carbocycles. The van der Waals surface area contributed by atoms with Gasteiger partial charge in [0.1, 0.15) is 0 Å². The molecule has 3 N–H and O–H groups in total. The summed E-state index contributed by atoms with van der Waals surface area (Å²) in [5.41, 5.74) is 6.66. The van der Waals surface area contributed by atoms with Crippen LogP contribution >= 0.6 is 0 Å². The summed E-state index contributed by atoms with van der Waals surface area (Å²) in [6.07, 6.45) is 6.99. The van der Waals surface area contributed by atoms with E-state index in [1.165, 1.54) is 12.8 Å². The molecule has 6 nitrogen and oxygen atoms in total. The summed E-state index contributed by atoms with van der Waals surface area (Å²) >= 11 is 0. The molecule has 1 amide bonds. The first-order chi connectivity index (χ1) is 10.6. The lowest BCUT2D eigenvalue weighted by Gasteiger charge is -2.23. The van der Waals surface area contributed by atoms with E-state index in [1.54, 1.807) is 6.20 Å². The molecule has 1 aliphatic heterocycles. The zero-order valence-corrected chi connectivity index (χ0v) is 13.0. The van der Waals surface area contributed by atoms with Gasteiger partial charge >= 0.3 is 0 Å². The van der Waals surface area contributed by atoms with Crippen LogP contribution in [0.1, 0.15) is 48.7 Å². The Bertz CT molecular complexity index is 539. The SMILES string of the molecule is C[C@@H](Cc1nc(N[C@H]2CCCOC2)ncc1C(N)=O)C1CC1. The third-order valence-corrected chi connectivity index (χ3v) is 4.57. The fourth-order valence-corrected chi connectivity index (χ4v) is 3.02. The Morgan fingerprint density at radius 2 is 2.32 bits per heavy atom. The second kappa shape index (κ2) is 6.60. The number of hydrogen-bond donors (Lipinski definition) is 2. The van der Waals surface area contributed by atoms with Gasteiger partial charge < -0.3 is 15.8 Å². The van der Waals surface area contributed by atoms with Gasteiger partial charge in [0.25, 0.3) is 5.91 Å². The maximum absolute atomic E-state index is 11.6. The Kier molecular flexibility index (Phi) is 4.57. The number of ether oxygens (including phenoxy) is 1. The number of amides is 1. The van der Waals surface area contributed by atoms with Gasteiger partial charge in [-0.25, -0.2) is 9.97 Å². The maximum atomic E-state index is 11.6. The molecule has 2 aliphatic rings. The summed E-state index contributed by atoms with van der Waals surface area (Å²) in [5, 5.41) is 3.31. The topological polar surface area (TPSA) is 90.1 Å². The number of primary amides is 1. The zero-order valence-electron chi connectivity index (χ0n) is 13.0. The average molecular weight is 304 g/mol. The summed E-state index contributed by atoms with van der Waals surface area (Å²) in [4.78, 5) is 20.4. The molecule has 2 heterocycles. The van der Waals surface area contributed by atoms with Crippen LogP contribution in [0.15, 0.2) is 6.20 Å². The van der Waals surface area contributed by atoms with E-state index in [0.29, 0.717) is 24.0 Å². The summed E-state index contributed by atoms with van der Waals surface area (Å²) in [6.45, 7) is 3.71. The number of rotatable bonds is 6. The van der Waals surface area contributed by atoms with E-state index in [9.17, 15) is 4.79 Å². The van der Waals surface area contributed by atoms with Gasteiger partial charge in [-0.15, -0.1) is 0 Å². The molecule has 3 rings (SSSR count). The number of anilines is 1. The fraction of sp³-hybridized carbons (Fsp3) is 0.688. The number of carbonyl (C=O) groups is 1. The number of nitrogens with one attached hydrogen (secondary N) is 1. The lowest BCUT2D eigenvalue weighted by molar-refractivity contribution is 0.0873. The highest BCUT2D eigenvalue weighted by Gasteiger charge is 2.29. The van der Waals surface area contributed by atoms with Crippen molar-refractivity contribution < 1.29 is 9.53 Å². The molecule has 0 aromatic carbocycles. The largest absolute Gasteiger partial charge is 0.379 e. The zero-order chi connectivity index (χ0) is 15.5. The van der Waals surface area contributed by atoms with Gasteiger partial charge in [-0.2, -0.15) is 0 Å². The van der Waals surface area contributed by atoms with Crippen molar-refractivity contribution in [2.24, 2.45) is 17.6 Å². The summed E-state index contributed by atoms with van der Waals surface area (Å²) in [5.74, 6) is 1.40. The Morgan fingerprint density at radius 1 is 1.50 bits per heavy atom. The van der Waals surface area contributed by atoms with Crippen molar-refractivity contribution in [2.75, 3.05) is 18.5 Å². The van der Waals surface area contributed by atoms with E-state index in [1.807, 2.05) is 0 Å². The average Bonchev–Trinajstić information content (AvgIpc) is 3.33. The molecule has 0 bridgehead atoms. The number of nitrogens with two attached hydrogens (primary N) is 1. The molecule has 2 fully saturated rings. The van der Waals surface area contributed by atoms with Crippen LogP contribution in [-0.2, 0) is 11.2 Å². The lowest BCUT2D eigenvalue weighted by Crippen LogP contribution is -2.31. The molecule has 1 aromatic heterocycles. The molecule has 120 valence electrons. The van der Waals surface area contributed by atoms with Crippen molar-refractivity contribution in [3.05, 3.63) is 17.5 Å². The number of carbonyl (C=O) groups excluding carboxylic acids is 1. The predicted octanol–water partition coefficient (Wildman–Crippen LogP) is 1.75. The lowest BCUT2D eigenvalue weighted by atomic mass is 9.98. The number of hydrogen-bond acceptors (Lipinski definition) is 5. The van der Waals surface area contributed by atoms with Gasteiger partial charge in [0.15, 0.2) is 0 Å². The van der Waals surface area contributed by atoms with E-state index in [4.69, 9.17) is 10.5 Å². The van der Waals surface area contributed by atoms with Crippen molar-refractivity contribution in [3.63, 3.8) is 0 Å². The molecule has 1 aromatic rings. The highest BCUT2D eigenvalue weighted by atomic mass is 16.5. The van der Waals surface area contributed by atoms with Gasteiger partial charge in [0, 0.05) is 12.8 Å². The molecule has 0 unspecified atom stereocenters. The van der Waals surface area contributed by atoms with Gasteiger partial charge in [-0.1, -0.05) is 6.92 Å². The number of aromatic nitrogens is 2. The Hall–Kier alpha value is -1.69. The van der Waals surface area contributed by atoms with Crippen LogP contribution in [-0.4, -0.2) is 35.1 Å². The van der Waals surface area contributed by atoms with Gasteiger partial charge in [-0.05, 0) is 43.9 Å². The first-order valence-electron chi connectivity index (χ1n) is 8.13. The van der Waals surface area contributed by atoms with Crippen LogP contribution in [0.5, 0.6) is 0 Å². The monoisotopic (exact) mass is 304 g/mol. The van der Waals surface area contributed by atoms with E-state index in [-0.39, 0.29) is 6.04 Å². The molecule has 6 heteroatoms. The molecule has 22 heavy (non-hydrogen) atoms. The quantitative estimate of drug-likeness (QED) is 0.835. The van der Waals surface area contributed by atoms with E-state index in [0.717, 1.165) is 37.5 Å². The highest BCUT2D eigenvalue weighted by Crippen LogP contribution is 2.38. The van der Waals surface area contributed by atoms with E-state index < -0.39 is 5.91 Å². The first-order valence-corrected chi connectivity index (χ1v) is 8.13. The molecule has 1 saturated carbocycles. The van der Waals surface area contributed by atoms with Gasteiger partial charge in [0.05, 0.1) is 23.9 Å². The molecule has 0 radical (unpaired) electrons. The van der Waals surface area contributed by atoms with Gasteiger partial charge in [0.2, 0.25) is 5.95 Å². The standard InChI is InChI=1S/C16H24N4O2/c1-10(11-4-5-11)7-14-13(15(17)21)8-18-16(20-14)19-12-3-2-6-22-9-12/h8,10-12H,2-7,9H2,1H3,(H2,17,21)(H,18,19,20)/t10-,12-/m0/s1. The summed E-state index contributed by atoms with van der Waals surface area (Å²) in [7, 11) is 0. The maximum Gasteiger partial charge on any atom is 0.252 e. The first kappa shape index (κ1) is 15.2. The smallest absolute Gasteiger partial charge is 0.252 e. The minimum absolute atomic E-state index is 0.238. The second-order valence-corrected chi connectivity index (χ2v) is 6.50. The Balaban J connectivity index is 1.74. The van der Waals surface area contributed by atoms with E-state index >= 15 is 0 Å². The van der Waals surface area contributed by atoms with Crippen molar-refractivity contribution in [1.29, 1.82) is 0 Å². The molecule has 1 saturated heterocycles. The van der Waals surface area contributed by atoms with Crippen LogP contribution in [0.3, 0.4) is 0 Å². The Labute approximate surface area is 130 Å². The number of nitrogens with zero attached hydrogens (tertiary/aromatic N) is 2. The fourth-order valence-electron chi connectivity index (χ4n) is 3.02. The molecular weight excluding hydrogens is 280 g/mol. The van der Waals surface area contributed by atoms with E-state index in [2.05, 4.69) is 22.2 Å². The van der Waals surface area contributed by atoms with Crippen LogP contribution in [0, 0.1) is 11.8 Å². The minimum Gasteiger partial charge on any atom is -0.379 e. The van der Waals surface area contributed by atoms with Crippen molar-refractivity contribution in [2.45, 2.75) is 45.1 Å². The molecule has 0 spiro atoms. The van der Waals surface area contributed by atoms with Crippen LogP contribution in [0.25, 0.3) is 0 Å². The van der Waals surface area contributed by atoms with Crippen molar-refractivity contribution in [1.82, 2.24) is 9.97 Å². The second-order valence-electron chi connectivity index (χ2n) is 6.50. The molecular formula is C16H24N4O2. The Morgan fingerprint density at radius 3 is 2.95 bits per heavy atom. The van der Waals surface area contributed by atoms with Crippen molar-refractivity contribution >= 4 is 11.9 Å². The van der Waals surface area contributed by atoms with Crippen LogP contribution in [0.2, 0.25) is 0 Å². The third-order valence-electron chi connectivity index (χ3n) is 4.57. The van der Waals surface area contributed by atoms with Crippen molar-refractivity contribution in [3.8, 4) is 0 Å². The normalized spacial score (nSPS) is 23.0.